The second kappa shape index (κ2) is 9.50. The highest BCUT2D eigenvalue weighted by molar-refractivity contribution is 6.15. The number of esters is 2. The first-order valence-electron chi connectivity index (χ1n) is 9.40. The van der Waals surface area contributed by atoms with Gasteiger partial charge in [-0.05, 0) is 19.9 Å². The van der Waals surface area contributed by atoms with Crippen LogP contribution in [0.15, 0.2) is 72.8 Å². The Morgan fingerprint density at radius 1 is 0.897 bits per heavy atom. The molecular weight excluding hydrogens is 368 g/mol. The van der Waals surface area contributed by atoms with Gasteiger partial charge in [-0.15, -0.1) is 0 Å². The van der Waals surface area contributed by atoms with E-state index in [0.29, 0.717) is 11.4 Å². The lowest BCUT2D eigenvalue weighted by Gasteiger charge is -2.11. The van der Waals surface area contributed by atoms with Crippen LogP contribution in [-0.2, 0) is 19.1 Å². The van der Waals surface area contributed by atoms with E-state index in [1.54, 1.807) is 13.8 Å². The molecule has 0 aliphatic carbocycles. The fourth-order valence-corrected chi connectivity index (χ4v) is 2.84. The number of ether oxygens (including phenoxy) is 2. The molecule has 1 heterocycles. The van der Waals surface area contributed by atoms with Crippen LogP contribution in [0.4, 0.5) is 0 Å². The van der Waals surface area contributed by atoms with E-state index >= 15 is 0 Å². The number of carbonyl (C=O) groups excluding carboxylic acids is 2. The molecule has 0 atom stereocenters. The molecule has 1 aromatic heterocycles. The summed E-state index contributed by atoms with van der Waals surface area (Å²) in [7, 11) is 0. The highest BCUT2D eigenvalue weighted by Crippen LogP contribution is 2.28. The van der Waals surface area contributed by atoms with Crippen molar-refractivity contribution in [1.29, 1.82) is 0 Å². The Balaban J connectivity index is 2.19. The van der Waals surface area contributed by atoms with Crippen molar-refractivity contribution in [3.05, 3.63) is 72.8 Å². The van der Waals surface area contributed by atoms with Crippen LogP contribution in [0.3, 0.4) is 0 Å². The molecule has 29 heavy (non-hydrogen) atoms. The molecule has 3 aromatic rings. The smallest absolute Gasteiger partial charge is 0.357 e. The third-order valence-electron chi connectivity index (χ3n) is 4.10. The third-order valence-corrected chi connectivity index (χ3v) is 4.10. The number of rotatable bonds is 7. The lowest BCUT2D eigenvalue weighted by atomic mass is 10.1. The van der Waals surface area contributed by atoms with Crippen LogP contribution >= 0.6 is 0 Å². The number of nitrogens with zero attached hydrogens (tertiary/aromatic N) is 2. The van der Waals surface area contributed by atoms with Crippen LogP contribution < -0.4 is 0 Å². The Hall–Kier alpha value is -3.67. The van der Waals surface area contributed by atoms with Crippen LogP contribution in [0.5, 0.6) is 0 Å². The molecule has 0 aliphatic rings. The number of benzene rings is 2. The SMILES string of the molecule is CCOC(=O)/C=C(/C(=O)OCC)n1nc(-c2ccccc2)cc1-c1ccccc1. The van der Waals surface area contributed by atoms with Crippen molar-refractivity contribution in [1.82, 2.24) is 9.78 Å². The van der Waals surface area contributed by atoms with Gasteiger partial charge < -0.3 is 9.47 Å². The summed E-state index contributed by atoms with van der Waals surface area (Å²) in [5, 5.41) is 4.61. The van der Waals surface area contributed by atoms with E-state index in [-0.39, 0.29) is 18.9 Å². The Kier molecular flexibility index (Phi) is 6.58. The molecule has 0 bridgehead atoms. The number of hydrogen-bond acceptors (Lipinski definition) is 5. The molecule has 0 unspecified atom stereocenters. The van der Waals surface area contributed by atoms with Gasteiger partial charge in [0.05, 0.1) is 30.7 Å². The molecule has 3 rings (SSSR count). The Labute approximate surface area is 169 Å². The van der Waals surface area contributed by atoms with Crippen molar-refractivity contribution in [2.24, 2.45) is 0 Å². The fourth-order valence-electron chi connectivity index (χ4n) is 2.84. The topological polar surface area (TPSA) is 70.4 Å². The van der Waals surface area contributed by atoms with Gasteiger partial charge >= 0.3 is 11.9 Å². The molecule has 2 aromatic carbocycles. The molecule has 0 spiro atoms. The summed E-state index contributed by atoms with van der Waals surface area (Å²) < 4.78 is 11.6. The van der Waals surface area contributed by atoms with E-state index in [4.69, 9.17) is 9.47 Å². The zero-order valence-corrected chi connectivity index (χ0v) is 16.4. The van der Waals surface area contributed by atoms with Gasteiger partial charge in [-0.25, -0.2) is 14.3 Å². The molecule has 0 saturated heterocycles. The van der Waals surface area contributed by atoms with Crippen LogP contribution in [0.1, 0.15) is 13.8 Å². The average molecular weight is 390 g/mol. The molecule has 148 valence electrons. The quantitative estimate of drug-likeness (QED) is 0.447. The number of hydrogen-bond donors (Lipinski definition) is 0. The van der Waals surface area contributed by atoms with Crippen molar-refractivity contribution in [3.8, 4) is 22.5 Å². The lowest BCUT2D eigenvalue weighted by Crippen LogP contribution is -2.17. The van der Waals surface area contributed by atoms with E-state index in [0.717, 1.165) is 17.2 Å². The minimum absolute atomic E-state index is 0.00802. The summed E-state index contributed by atoms with van der Waals surface area (Å²) in [4.78, 5) is 24.8. The Bertz CT molecular complexity index is 1010. The minimum Gasteiger partial charge on any atom is -0.463 e. The van der Waals surface area contributed by atoms with Crippen molar-refractivity contribution in [3.63, 3.8) is 0 Å². The lowest BCUT2D eigenvalue weighted by molar-refractivity contribution is -0.139. The first-order chi connectivity index (χ1) is 14.1. The molecular formula is C23H22N2O4. The van der Waals surface area contributed by atoms with Gasteiger partial charge in [-0.1, -0.05) is 60.7 Å². The molecule has 6 heteroatoms. The summed E-state index contributed by atoms with van der Waals surface area (Å²) in [6.45, 7) is 3.78. The van der Waals surface area contributed by atoms with Crippen molar-refractivity contribution >= 4 is 17.6 Å². The normalized spacial score (nSPS) is 11.2. The zero-order valence-electron chi connectivity index (χ0n) is 16.4. The monoisotopic (exact) mass is 390 g/mol. The summed E-state index contributed by atoms with van der Waals surface area (Å²) in [5.74, 6) is -1.29. The predicted octanol–water partition coefficient (Wildman–Crippen LogP) is 4.18. The summed E-state index contributed by atoms with van der Waals surface area (Å²) in [5.41, 5.74) is 3.06. The highest BCUT2D eigenvalue weighted by atomic mass is 16.5. The standard InChI is InChI=1S/C23H22N2O4/c1-3-28-22(26)16-21(23(27)29-4-2)25-20(18-13-9-6-10-14-18)15-19(24-25)17-11-7-5-8-12-17/h5-16H,3-4H2,1-2H3/b21-16-. The maximum Gasteiger partial charge on any atom is 0.357 e. The zero-order chi connectivity index (χ0) is 20.6. The molecule has 0 radical (unpaired) electrons. The maximum absolute atomic E-state index is 12.7. The van der Waals surface area contributed by atoms with Gasteiger partial charge in [0, 0.05) is 11.1 Å². The van der Waals surface area contributed by atoms with E-state index in [1.807, 2.05) is 66.7 Å². The Morgan fingerprint density at radius 2 is 1.48 bits per heavy atom. The van der Waals surface area contributed by atoms with Crippen molar-refractivity contribution < 1.29 is 19.1 Å². The summed E-state index contributed by atoms with van der Waals surface area (Å²) in [6, 6.07) is 21.0. The maximum atomic E-state index is 12.7. The van der Waals surface area contributed by atoms with Gasteiger partial charge in [0.15, 0.2) is 5.70 Å². The van der Waals surface area contributed by atoms with Gasteiger partial charge in [0.25, 0.3) is 0 Å². The second-order valence-corrected chi connectivity index (χ2v) is 6.06. The average Bonchev–Trinajstić information content (AvgIpc) is 3.19. The van der Waals surface area contributed by atoms with E-state index in [9.17, 15) is 9.59 Å². The van der Waals surface area contributed by atoms with E-state index in [1.165, 1.54) is 4.68 Å². The van der Waals surface area contributed by atoms with E-state index in [2.05, 4.69) is 5.10 Å². The van der Waals surface area contributed by atoms with Crippen LogP contribution in [-0.4, -0.2) is 34.9 Å². The fraction of sp³-hybridized carbons (Fsp3) is 0.174. The summed E-state index contributed by atoms with van der Waals surface area (Å²) in [6.07, 6.45) is 1.12. The summed E-state index contributed by atoms with van der Waals surface area (Å²) >= 11 is 0. The molecule has 0 saturated carbocycles. The van der Waals surface area contributed by atoms with Crippen molar-refractivity contribution in [2.75, 3.05) is 13.2 Å². The molecule has 0 aliphatic heterocycles. The van der Waals surface area contributed by atoms with Crippen LogP contribution in [0, 0.1) is 0 Å². The first-order valence-corrected chi connectivity index (χ1v) is 9.40. The highest BCUT2D eigenvalue weighted by Gasteiger charge is 2.22. The molecule has 0 fully saturated rings. The third kappa shape index (κ3) is 4.79. The number of carbonyl (C=O) groups is 2. The first kappa shape index (κ1) is 20.1. The largest absolute Gasteiger partial charge is 0.463 e. The minimum atomic E-state index is -0.652. The molecule has 0 N–H and O–H groups in total. The molecule has 0 amide bonds. The number of aromatic nitrogens is 2. The van der Waals surface area contributed by atoms with Crippen LogP contribution in [0.2, 0.25) is 0 Å². The van der Waals surface area contributed by atoms with Crippen LogP contribution in [0.25, 0.3) is 28.2 Å². The van der Waals surface area contributed by atoms with Crippen molar-refractivity contribution in [2.45, 2.75) is 13.8 Å². The predicted molar refractivity (Wildman–Crippen MR) is 111 cm³/mol. The van der Waals surface area contributed by atoms with Gasteiger partial charge in [0.2, 0.25) is 0 Å². The molecule has 6 nitrogen and oxygen atoms in total. The van der Waals surface area contributed by atoms with Gasteiger partial charge in [-0.2, -0.15) is 5.10 Å². The Morgan fingerprint density at radius 3 is 2.07 bits per heavy atom. The van der Waals surface area contributed by atoms with Gasteiger partial charge in [-0.3, -0.25) is 0 Å². The van der Waals surface area contributed by atoms with E-state index < -0.39 is 11.9 Å². The van der Waals surface area contributed by atoms with Gasteiger partial charge in [0.1, 0.15) is 0 Å². The second-order valence-electron chi connectivity index (χ2n) is 6.06.